The first-order chi connectivity index (χ1) is 10.8. The van der Waals surface area contributed by atoms with Crippen LogP contribution in [0.2, 0.25) is 0 Å². The van der Waals surface area contributed by atoms with E-state index in [2.05, 4.69) is 22.0 Å². The SMILES string of the molecule is O=C(NCCC1=CCNCC1)Nc1cccc2ccccc12. The van der Waals surface area contributed by atoms with Crippen molar-refractivity contribution in [2.24, 2.45) is 0 Å². The van der Waals surface area contributed by atoms with Gasteiger partial charge < -0.3 is 16.0 Å². The van der Waals surface area contributed by atoms with Crippen LogP contribution in [0.1, 0.15) is 12.8 Å². The topological polar surface area (TPSA) is 53.2 Å². The summed E-state index contributed by atoms with van der Waals surface area (Å²) in [6, 6.07) is 13.8. The first-order valence-electron chi connectivity index (χ1n) is 7.74. The molecule has 0 atom stereocenters. The summed E-state index contributed by atoms with van der Waals surface area (Å²) in [6.45, 7) is 2.65. The molecule has 0 radical (unpaired) electrons. The van der Waals surface area contributed by atoms with Gasteiger partial charge in [-0.2, -0.15) is 0 Å². The van der Waals surface area contributed by atoms with Crippen molar-refractivity contribution in [1.82, 2.24) is 10.6 Å². The number of urea groups is 1. The van der Waals surface area contributed by atoms with Crippen LogP contribution in [-0.4, -0.2) is 25.7 Å². The highest BCUT2D eigenvalue weighted by Crippen LogP contribution is 2.22. The zero-order valence-corrected chi connectivity index (χ0v) is 12.6. The highest BCUT2D eigenvalue weighted by Gasteiger charge is 2.06. The van der Waals surface area contributed by atoms with Crippen molar-refractivity contribution in [1.29, 1.82) is 0 Å². The monoisotopic (exact) mass is 295 g/mol. The lowest BCUT2D eigenvalue weighted by atomic mass is 10.1. The molecule has 0 spiro atoms. The Morgan fingerprint density at radius 1 is 1.14 bits per heavy atom. The Bertz CT molecular complexity index is 688. The number of hydrogen-bond donors (Lipinski definition) is 3. The Hall–Kier alpha value is -2.33. The zero-order valence-electron chi connectivity index (χ0n) is 12.6. The molecule has 2 aromatic rings. The van der Waals surface area contributed by atoms with Gasteiger partial charge in [-0.3, -0.25) is 0 Å². The predicted molar refractivity (Wildman–Crippen MR) is 91.2 cm³/mol. The van der Waals surface area contributed by atoms with Crippen molar-refractivity contribution in [2.45, 2.75) is 12.8 Å². The summed E-state index contributed by atoms with van der Waals surface area (Å²) in [6.07, 6.45) is 4.21. The van der Waals surface area contributed by atoms with Gasteiger partial charge in [-0.25, -0.2) is 4.79 Å². The van der Waals surface area contributed by atoms with Gasteiger partial charge in [0, 0.05) is 18.5 Å². The molecule has 1 aliphatic rings. The van der Waals surface area contributed by atoms with E-state index in [1.165, 1.54) is 5.57 Å². The summed E-state index contributed by atoms with van der Waals surface area (Å²) in [5, 5.41) is 11.3. The fourth-order valence-corrected chi connectivity index (χ4v) is 2.73. The van der Waals surface area contributed by atoms with Crippen LogP contribution in [0, 0.1) is 0 Å². The van der Waals surface area contributed by atoms with Gasteiger partial charge in [-0.15, -0.1) is 0 Å². The van der Waals surface area contributed by atoms with E-state index >= 15 is 0 Å². The minimum absolute atomic E-state index is 0.147. The number of benzene rings is 2. The van der Waals surface area contributed by atoms with Gasteiger partial charge in [-0.1, -0.05) is 48.0 Å². The van der Waals surface area contributed by atoms with Gasteiger partial charge in [0.2, 0.25) is 0 Å². The van der Waals surface area contributed by atoms with Crippen molar-refractivity contribution in [3.05, 3.63) is 54.1 Å². The molecule has 4 heteroatoms. The van der Waals surface area contributed by atoms with Crippen LogP contribution in [0.3, 0.4) is 0 Å². The molecule has 3 rings (SSSR count). The third-order valence-electron chi connectivity index (χ3n) is 3.93. The molecule has 2 aromatic carbocycles. The Morgan fingerprint density at radius 3 is 2.86 bits per heavy atom. The number of amides is 2. The van der Waals surface area contributed by atoms with Crippen molar-refractivity contribution in [3.63, 3.8) is 0 Å². The summed E-state index contributed by atoms with van der Waals surface area (Å²) in [4.78, 5) is 12.0. The number of nitrogens with one attached hydrogen (secondary N) is 3. The summed E-state index contributed by atoms with van der Waals surface area (Å²) >= 11 is 0. The molecule has 0 aromatic heterocycles. The minimum Gasteiger partial charge on any atom is -0.338 e. The average Bonchev–Trinajstić information content (AvgIpc) is 2.56. The molecule has 3 N–H and O–H groups in total. The number of rotatable bonds is 4. The Kier molecular flexibility index (Phi) is 4.71. The van der Waals surface area contributed by atoms with Gasteiger partial charge in [0.15, 0.2) is 0 Å². The van der Waals surface area contributed by atoms with E-state index < -0.39 is 0 Å². The second-order valence-electron chi connectivity index (χ2n) is 5.47. The molecule has 0 bridgehead atoms. The number of carbonyl (C=O) groups excluding carboxylic acids is 1. The van der Waals surface area contributed by atoms with E-state index in [-0.39, 0.29) is 6.03 Å². The molecular formula is C18H21N3O. The molecule has 0 saturated carbocycles. The summed E-state index contributed by atoms with van der Waals surface area (Å²) < 4.78 is 0. The van der Waals surface area contributed by atoms with Crippen molar-refractivity contribution < 1.29 is 4.79 Å². The number of hydrogen-bond acceptors (Lipinski definition) is 2. The largest absolute Gasteiger partial charge is 0.338 e. The second kappa shape index (κ2) is 7.09. The molecule has 2 amide bonds. The normalized spacial score (nSPS) is 14.5. The van der Waals surface area contributed by atoms with Crippen LogP contribution in [0.4, 0.5) is 10.5 Å². The third kappa shape index (κ3) is 3.65. The van der Waals surface area contributed by atoms with Crippen LogP contribution in [-0.2, 0) is 0 Å². The molecule has 0 fully saturated rings. The Labute approximate surface area is 130 Å². The zero-order chi connectivity index (χ0) is 15.2. The smallest absolute Gasteiger partial charge is 0.319 e. The van der Waals surface area contributed by atoms with Gasteiger partial charge >= 0.3 is 6.03 Å². The minimum atomic E-state index is -0.147. The van der Waals surface area contributed by atoms with E-state index in [9.17, 15) is 4.79 Å². The molecule has 0 unspecified atom stereocenters. The maximum absolute atomic E-state index is 12.0. The summed E-state index contributed by atoms with van der Waals surface area (Å²) in [5.41, 5.74) is 2.26. The van der Waals surface area contributed by atoms with Crippen molar-refractivity contribution in [2.75, 3.05) is 25.0 Å². The van der Waals surface area contributed by atoms with E-state index in [1.54, 1.807) is 0 Å². The first kappa shape index (κ1) is 14.6. The molecule has 22 heavy (non-hydrogen) atoms. The molecule has 114 valence electrons. The van der Waals surface area contributed by atoms with Gasteiger partial charge in [-0.05, 0) is 30.8 Å². The molecule has 4 nitrogen and oxygen atoms in total. The van der Waals surface area contributed by atoms with Gasteiger partial charge in [0.05, 0.1) is 5.69 Å². The van der Waals surface area contributed by atoms with E-state index in [0.29, 0.717) is 6.54 Å². The van der Waals surface area contributed by atoms with Crippen LogP contribution in [0.5, 0.6) is 0 Å². The summed E-state index contributed by atoms with van der Waals surface area (Å²) in [7, 11) is 0. The molecule has 1 heterocycles. The molecule has 1 aliphatic heterocycles. The highest BCUT2D eigenvalue weighted by molar-refractivity contribution is 6.01. The predicted octanol–water partition coefficient (Wildman–Crippen LogP) is 3.27. The van der Waals surface area contributed by atoms with Crippen molar-refractivity contribution in [3.8, 4) is 0 Å². The first-order valence-corrected chi connectivity index (χ1v) is 7.74. The molecular weight excluding hydrogens is 274 g/mol. The fraction of sp³-hybridized carbons (Fsp3) is 0.278. The summed E-state index contributed by atoms with van der Waals surface area (Å²) in [5.74, 6) is 0. The van der Waals surface area contributed by atoms with Crippen LogP contribution in [0.25, 0.3) is 10.8 Å². The quantitative estimate of drug-likeness (QED) is 0.758. The van der Waals surface area contributed by atoms with Crippen LogP contribution >= 0.6 is 0 Å². The standard InChI is InChI=1S/C18H21N3O/c22-18(20-13-10-14-8-11-19-12-9-14)21-17-7-3-5-15-4-1-2-6-16(15)17/h1-8,19H,9-13H2,(H2,20,21,22). The van der Waals surface area contributed by atoms with E-state index in [1.807, 2.05) is 42.5 Å². The lowest BCUT2D eigenvalue weighted by Crippen LogP contribution is -2.30. The number of fused-ring (bicyclic) bond motifs is 1. The maximum Gasteiger partial charge on any atom is 0.319 e. The van der Waals surface area contributed by atoms with Gasteiger partial charge in [0.25, 0.3) is 0 Å². The number of anilines is 1. The molecule has 0 aliphatic carbocycles. The Balaban J connectivity index is 1.55. The lowest BCUT2D eigenvalue weighted by molar-refractivity contribution is 0.252. The van der Waals surface area contributed by atoms with Crippen LogP contribution < -0.4 is 16.0 Å². The molecule has 0 saturated heterocycles. The maximum atomic E-state index is 12.0. The fourth-order valence-electron chi connectivity index (χ4n) is 2.73. The van der Waals surface area contributed by atoms with Crippen LogP contribution in [0.15, 0.2) is 54.1 Å². The number of carbonyl (C=O) groups is 1. The third-order valence-corrected chi connectivity index (χ3v) is 3.93. The van der Waals surface area contributed by atoms with Crippen molar-refractivity contribution >= 4 is 22.5 Å². The average molecular weight is 295 g/mol. The lowest BCUT2D eigenvalue weighted by Gasteiger charge is -2.14. The van der Waals surface area contributed by atoms with E-state index in [4.69, 9.17) is 0 Å². The van der Waals surface area contributed by atoms with Gasteiger partial charge in [0.1, 0.15) is 0 Å². The highest BCUT2D eigenvalue weighted by atomic mass is 16.2. The van der Waals surface area contributed by atoms with E-state index in [0.717, 1.165) is 42.4 Å². The Morgan fingerprint density at radius 2 is 2.00 bits per heavy atom. The second-order valence-corrected chi connectivity index (χ2v) is 5.47.